The van der Waals surface area contributed by atoms with Gasteiger partial charge >= 0.3 is 0 Å². The average molecular weight is 334 g/mol. The molecule has 20 heavy (non-hydrogen) atoms. The lowest BCUT2D eigenvalue weighted by Gasteiger charge is -2.00. The van der Waals surface area contributed by atoms with E-state index in [1.54, 1.807) is 10.7 Å². The second-order valence-electron chi connectivity index (χ2n) is 4.36. The first-order chi connectivity index (χ1) is 9.69. The average Bonchev–Trinajstić information content (AvgIpc) is 3.05. The van der Waals surface area contributed by atoms with Gasteiger partial charge in [0.05, 0.1) is 10.9 Å². The molecule has 6 heteroatoms. The van der Waals surface area contributed by atoms with Gasteiger partial charge in [-0.15, -0.1) is 0 Å². The largest absolute Gasteiger partial charge is 0.452 e. The van der Waals surface area contributed by atoms with E-state index in [4.69, 9.17) is 4.42 Å². The molecule has 0 N–H and O–H groups in total. The molecule has 0 spiro atoms. The highest BCUT2D eigenvalue weighted by Crippen LogP contribution is 2.27. The van der Waals surface area contributed by atoms with Crippen LogP contribution < -0.4 is 0 Å². The Morgan fingerprint density at radius 3 is 3.05 bits per heavy atom. The Kier molecular flexibility index (Phi) is 3.40. The Balaban J connectivity index is 1.91. The van der Waals surface area contributed by atoms with E-state index in [0.717, 1.165) is 9.86 Å². The van der Waals surface area contributed by atoms with Gasteiger partial charge in [0.15, 0.2) is 5.76 Å². The molecule has 0 saturated carbocycles. The molecule has 102 valence electrons. The van der Waals surface area contributed by atoms with E-state index < -0.39 is 0 Å². The molecule has 3 rings (SSSR count). The minimum atomic E-state index is -0.101. The number of carbonyl (C=O) groups excluding carboxylic acids is 1. The zero-order valence-electron chi connectivity index (χ0n) is 10.8. The molecule has 2 aromatic heterocycles. The number of aryl methyl sites for hydroxylation is 1. The SMILES string of the molecule is CCn1ncnc1CC(=O)c1cc2cccc(Br)c2o1. The van der Waals surface area contributed by atoms with Crippen LogP contribution in [0.15, 0.2) is 39.5 Å². The number of furan rings is 1. The van der Waals surface area contributed by atoms with Gasteiger partial charge < -0.3 is 4.42 Å². The van der Waals surface area contributed by atoms with Gasteiger partial charge in [0.2, 0.25) is 5.78 Å². The summed E-state index contributed by atoms with van der Waals surface area (Å²) in [6, 6.07) is 7.46. The number of ketones is 1. The number of aromatic nitrogens is 3. The molecular formula is C14H12BrN3O2. The van der Waals surface area contributed by atoms with Gasteiger partial charge in [-0.1, -0.05) is 12.1 Å². The van der Waals surface area contributed by atoms with Crippen LogP contribution in [0.3, 0.4) is 0 Å². The van der Waals surface area contributed by atoms with Crippen molar-refractivity contribution >= 4 is 32.7 Å². The topological polar surface area (TPSA) is 60.9 Å². The predicted molar refractivity (Wildman–Crippen MR) is 77.6 cm³/mol. The molecule has 0 atom stereocenters. The van der Waals surface area contributed by atoms with Crippen molar-refractivity contribution in [3.63, 3.8) is 0 Å². The summed E-state index contributed by atoms with van der Waals surface area (Å²) in [6.07, 6.45) is 1.65. The van der Waals surface area contributed by atoms with Crippen molar-refractivity contribution in [3.8, 4) is 0 Å². The molecule has 0 amide bonds. The maximum Gasteiger partial charge on any atom is 0.205 e. The highest BCUT2D eigenvalue weighted by molar-refractivity contribution is 9.10. The molecule has 5 nitrogen and oxygen atoms in total. The van der Waals surface area contributed by atoms with E-state index in [1.807, 2.05) is 25.1 Å². The summed E-state index contributed by atoms with van der Waals surface area (Å²) in [5.74, 6) is 0.894. The van der Waals surface area contributed by atoms with Gasteiger partial charge in [-0.3, -0.25) is 4.79 Å². The lowest BCUT2D eigenvalue weighted by atomic mass is 10.2. The fraction of sp³-hybridized carbons (Fsp3) is 0.214. The number of rotatable bonds is 4. The Morgan fingerprint density at radius 1 is 1.45 bits per heavy atom. The molecule has 0 aliphatic carbocycles. The molecule has 0 aliphatic heterocycles. The maximum absolute atomic E-state index is 12.3. The lowest BCUT2D eigenvalue weighted by molar-refractivity contribution is 0.0965. The zero-order valence-corrected chi connectivity index (χ0v) is 12.4. The number of Topliss-reactive ketones (excluding diaryl/α,β-unsaturated/α-hetero) is 1. The molecular weight excluding hydrogens is 322 g/mol. The first-order valence-corrected chi connectivity index (χ1v) is 7.06. The van der Waals surface area contributed by atoms with Crippen LogP contribution >= 0.6 is 15.9 Å². The third kappa shape index (κ3) is 2.27. The molecule has 3 aromatic rings. The highest BCUT2D eigenvalue weighted by Gasteiger charge is 2.16. The second-order valence-corrected chi connectivity index (χ2v) is 5.22. The van der Waals surface area contributed by atoms with Crippen LogP contribution in [0.25, 0.3) is 11.0 Å². The van der Waals surface area contributed by atoms with Gasteiger partial charge in [-0.25, -0.2) is 9.67 Å². The molecule has 0 unspecified atom stereocenters. The number of carbonyl (C=O) groups is 1. The Bertz CT molecular complexity index is 776. The van der Waals surface area contributed by atoms with Crippen molar-refractivity contribution in [2.75, 3.05) is 0 Å². The minimum absolute atomic E-state index is 0.101. The Labute approximate surface area is 123 Å². The third-order valence-electron chi connectivity index (χ3n) is 3.08. The minimum Gasteiger partial charge on any atom is -0.452 e. The normalized spacial score (nSPS) is 11.1. The van der Waals surface area contributed by atoms with E-state index in [-0.39, 0.29) is 12.2 Å². The number of nitrogens with zero attached hydrogens (tertiary/aromatic N) is 3. The van der Waals surface area contributed by atoms with Crippen LogP contribution in [-0.4, -0.2) is 20.5 Å². The van der Waals surface area contributed by atoms with Crippen LogP contribution in [-0.2, 0) is 13.0 Å². The van der Waals surface area contributed by atoms with E-state index in [1.165, 1.54) is 6.33 Å². The fourth-order valence-electron chi connectivity index (χ4n) is 2.08. The first-order valence-electron chi connectivity index (χ1n) is 6.27. The van der Waals surface area contributed by atoms with Crippen molar-refractivity contribution in [1.29, 1.82) is 0 Å². The van der Waals surface area contributed by atoms with Crippen molar-refractivity contribution in [3.05, 3.63) is 46.7 Å². The second kappa shape index (κ2) is 5.20. The molecule has 0 radical (unpaired) electrons. The summed E-state index contributed by atoms with van der Waals surface area (Å²) in [6.45, 7) is 2.65. The van der Waals surface area contributed by atoms with E-state index in [2.05, 4.69) is 26.0 Å². The van der Waals surface area contributed by atoms with Gasteiger partial charge in [0.1, 0.15) is 17.7 Å². The first kappa shape index (κ1) is 13.1. The van der Waals surface area contributed by atoms with Crippen LogP contribution in [0.2, 0.25) is 0 Å². The molecule has 0 bridgehead atoms. The molecule has 1 aromatic carbocycles. The van der Waals surface area contributed by atoms with E-state index in [9.17, 15) is 4.79 Å². The maximum atomic E-state index is 12.3. The standard InChI is InChI=1S/C14H12BrN3O2/c1-2-18-13(16-8-17-18)7-11(19)12-6-9-4-3-5-10(15)14(9)20-12/h3-6,8H,2,7H2,1H3. The zero-order chi connectivity index (χ0) is 14.1. The summed E-state index contributed by atoms with van der Waals surface area (Å²) >= 11 is 3.41. The van der Waals surface area contributed by atoms with Crippen LogP contribution in [0.1, 0.15) is 23.3 Å². The summed E-state index contributed by atoms with van der Waals surface area (Å²) in [5.41, 5.74) is 0.688. The van der Waals surface area contributed by atoms with Crippen LogP contribution in [0.4, 0.5) is 0 Å². The Hall–Kier alpha value is -1.95. The Morgan fingerprint density at radius 2 is 2.30 bits per heavy atom. The number of hydrogen-bond acceptors (Lipinski definition) is 4. The summed E-state index contributed by atoms with van der Waals surface area (Å²) in [5, 5.41) is 4.96. The van der Waals surface area contributed by atoms with Gasteiger partial charge in [0.25, 0.3) is 0 Å². The van der Waals surface area contributed by atoms with Crippen molar-refractivity contribution in [1.82, 2.24) is 14.8 Å². The fourth-order valence-corrected chi connectivity index (χ4v) is 2.55. The molecule has 0 saturated heterocycles. The summed E-state index contributed by atoms with van der Waals surface area (Å²) in [7, 11) is 0. The number of halogens is 1. The van der Waals surface area contributed by atoms with Gasteiger partial charge in [-0.05, 0) is 35.0 Å². The van der Waals surface area contributed by atoms with E-state index in [0.29, 0.717) is 23.7 Å². The quantitative estimate of drug-likeness (QED) is 0.687. The van der Waals surface area contributed by atoms with Crippen molar-refractivity contribution in [2.24, 2.45) is 0 Å². The monoisotopic (exact) mass is 333 g/mol. The summed E-state index contributed by atoms with van der Waals surface area (Å²) in [4.78, 5) is 16.4. The van der Waals surface area contributed by atoms with Crippen LogP contribution in [0.5, 0.6) is 0 Å². The molecule has 0 fully saturated rings. The van der Waals surface area contributed by atoms with Crippen molar-refractivity contribution < 1.29 is 9.21 Å². The third-order valence-corrected chi connectivity index (χ3v) is 3.71. The number of para-hydroxylation sites is 1. The predicted octanol–water partition coefficient (Wildman–Crippen LogP) is 3.23. The van der Waals surface area contributed by atoms with Crippen LogP contribution in [0, 0.1) is 0 Å². The smallest absolute Gasteiger partial charge is 0.205 e. The number of fused-ring (bicyclic) bond motifs is 1. The lowest BCUT2D eigenvalue weighted by Crippen LogP contribution is -2.10. The summed E-state index contributed by atoms with van der Waals surface area (Å²) < 4.78 is 8.17. The van der Waals surface area contributed by atoms with Crippen molar-refractivity contribution in [2.45, 2.75) is 19.9 Å². The number of hydrogen-bond donors (Lipinski definition) is 0. The highest BCUT2D eigenvalue weighted by atomic mass is 79.9. The van der Waals surface area contributed by atoms with Gasteiger partial charge in [0, 0.05) is 11.9 Å². The molecule has 2 heterocycles. The number of benzene rings is 1. The van der Waals surface area contributed by atoms with E-state index >= 15 is 0 Å². The van der Waals surface area contributed by atoms with Gasteiger partial charge in [-0.2, -0.15) is 5.10 Å². The molecule has 0 aliphatic rings.